The smallest absolute Gasteiger partial charge is 0.122 e. The first-order valence-electron chi connectivity index (χ1n) is 7.83. The summed E-state index contributed by atoms with van der Waals surface area (Å²) >= 11 is 0. The van der Waals surface area contributed by atoms with E-state index in [0.29, 0.717) is 0 Å². The molecule has 2 unspecified atom stereocenters. The predicted octanol–water partition coefficient (Wildman–Crippen LogP) is 3.68. The normalized spacial score (nSPS) is 25.9. The molecule has 0 aromatic heterocycles. The van der Waals surface area contributed by atoms with Crippen LogP contribution in [-0.4, -0.2) is 12.6 Å². The van der Waals surface area contributed by atoms with E-state index >= 15 is 0 Å². The monoisotopic (exact) mass is 259 g/mol. The van der Waals surface area contributed by atoms with E-state index < -0.39 is 0 Å². The van der Waals surface area contributed by atoms with Crippen LogP contribution in [0.15, 0.2) is 18.2 Å². The Kier molecular flexibility index (Phi) is 4.07. The quantitative estimate of drug-likeness (QED) is 0.890. The number of fused-ring (bicyclic) bond motifs is 1. The van der Waals surface area contributed by atoms with Gasteiger partial charge in [0.05, 0.1) is 6.61 Å². The Balaban J connectivity index is 1.54. The first-order valence-corrected chi connectivity index (χ1v) is 7.83. The molecule has 2 heteroatoms. The van der Waals surface area contributed by atoms with Crippen LogP contribution < -0.4 is 10.1 Å². The fourth-order valence-corrected chi connectivity index (χ4v) is 3.46. The summed E-state index contributed by atoms with van der Waals surface area (Å²) in [7, 11) is 0. The molecule has 19 heavy (non-hydrogen) atoms. The van der Waals surface area contributed by atoms with Gasteiger partial charge in [-0.05, 0) is 36.0 Å². The third kappa shape index (κ3) is 3.11. The van der Waals surface area contributed by atoms with E-state index in [1.54, 1.807) is 0 Å². The maximum atomic E-state index is 5.56. The van der Waals surface area contributed by atoms with Gasteiger partial charge < -0.3 is 10.1 Å². The molecule has 0 bridgehead atoms. The van der Waals surface area contributed by atoms with Crippen molar-refractivity contribution < 1.29 is 4.74 Å². The molecule has 1 aromatic rings. The second-order valence-corrected chi connectivity index (χ2v) is 6.06. The Morgan fingerprint density at radius 1 is 1.32 bits per heavy atom. The molecule has 3 rings (SSSR count). The Bertz CT molecular complexity index is 429. The first-order chi connectivity index (χ1) is 9.35. The lowest BCUT2D eigenvalue weighted by Gasteiger charge is -2.29. The summed E-state index contributed by atoms with van der Waals surface area (Å²) in [5.74, 6) is 2.03. The second-order valence-electron chi connectivity index (χ2n) is 6.06. The lowest BCUT2D eigenvalue weighted by Crippen LogP contribution is -2.33. The van der Waals surface area contributed by atoms with E-state index in [4.69, 9.17) is 4.74 Å². The lowest BCUT2D eigenvalue weighted by atomic mass is 9.84. The summed E-state index contributed by atoms with van der Waals surface area (Å²) < 4.78 is 5.56. The molecular formula is C17H25NO. The summed E-state index contributed by atoms with van der Waals surface area (Å²) in [4.78, 5) is 0. The topological polar surface area (TPSA) is 21.3 Å². The summed E-state index contributed by atoms with van der Waals surface area (Å²) in [6.45, 7) is 4.19. The van der Waals surface area contributed by atoms with Crippen molar-refractivity contribution in [3.05, 3.63) is 29.3 Å². The number of hydrogen-bond acceptors (Lipinski definition) is 2. The van der Waals surface area contributed by atoms with E-state index in [-0.39, 0.29) is 0 Å². The van der Waals surface area contributed by atoms with Crippen molar-refractivity contribution in [2.45, 2.75) is 58.0 Å². The van der Waals surface area contributed by atoms with Crippen LogP contribution in [0.5, 0.6) is 5.75 Å². The lowest BCUT2D eigenvalue weighted by molar-refractivity contribution is 0.278. The number of nitrogens with one attached hydrogen (secondary N) is 1. The van der Waals surface area contributed by atoms with Gasteiger partial charge in [0.2, 0.25) is 0 Å². The van der Waals surface area contributed by atoms with Gasteiger partial charge in [0.15, 0.2) is 0 Å². The standard InChI is InChI=1S/C17H25NO/c1-2-13-4-3-5-16(11-13)18-12-14-6-7-17-15(10-14)8-9-19-17/h6-7,10,13,16,18H,2-5,8-9,11-12H2,1H3. The van der Waals surface area contributed by atoms with E-state index in [2.05, 4.69) is 30.4 Å². The maximum absolute atomic E-state index is 5.56. The molecule has 0 radical (unpaired) electrons. The maximum Gasteiger partial charge on any atom is 0.122 e. The highest BCUT2D eigenvalue weighted by atomic mass is 16.5. The minimum absolute atomic E-state index is 0.725. The van der Waals surface area contributed by atoms with Crippen LogP contribution in [0, 0.1) is 5.92 Å². The van der Waals surface area contributed by atoms with Gasteiger partial charge in [-0.1, -0.05) is 38.3 Å². The molecule has 2 nitrogen and oxygen atoms in total. The highest BCUT2D eigenvalue weighted by molar-refractivity contribution is 5.39. The predicted molar refractivity (Wildman–Crippen MR) is 78.5 cm³/mol. The van der Waals surface area contributed by atoms with E-state index in [0.717, 1.165) is 37.3 Å². The Morgan fingerprint density at radius 3 is 3.16 bits per heavy atom. The molecule has 1 aliphatic heterocycles. The summed E-state index contributed by atoms with van der Waals surface area (Å²) in [5.41, 5.74) is 2.79. The third-order valence-electron chi connectivity index (χ3n) is 4.71. The molecule has 1 aromatic carbocycles. The zero-order chi connectivity index (χ0) is 13.1. The number of benzene rings is 1. The van der Waals surface area contributed by atoms with Crippen LogP contribution in [-0.2, 0) is 13.0 Å². The van der Waals surface area contributed by atoms with Gasteiger partial charge >= 0.3 is 0 Å². The van der Waals surface area contributed by atoms with Gasteiger partial charge in [-0.25, -0.2) is 0 Å². The van der Waals surface area contributed by atoms with Crippen molar-refractivity contribution in [1.82, 2.24) is 5.32 Å². The van der Waals surface area contributed by atoms with Crippen LogP contribution in [0.1, 0.15) is 50.2 Å². The van der Waals surface area contributed by atoms with Gasteiger partial charge in [0, 0.05) is 19.0 Å². The fourth-order valence-electron chi connectivity index (χ4n) is 3.46. The Morgan fingerprint density at radius 2 is 2.26 bits per heavy atom. The van der Waals surface area contributed by atoms with Crippen LogP contribution >= 0.6 is 0 Å². The largest absolute Gasteiger partial charge is 0.493 e. The fraction of sp³-hybridized carbons (Fsp3) is 0.647. The van der Waals surface area contributed by atoms with Gasteiger partial charge in [-0.3, -0.25) is 0 Å². The van der Waals surface area contributed by atoms with Crippen LogP contribution in [0.25, 0.3) is 0 Å². The molecular weight excluding hydrogens is 234 g/mol. The van der Waals surface area contributed by atoms with E-state index in [1.165, 1.54) is 43.2 Å². The van der Waals surface area contributed by atoms with Crippen molar-refractivity contribution in [3.63, 3.8) is 0 Å². The highest BCUT2D eigenvalue weighted by Gasteiger charge is 2.20. The molecule has 2 atom stereocenters. The number of hydrogen-bond donors (Lipinski definition) is 1. The SMILES string of the molecule is CCC1CCCC(NCc2ccc3c(c2)CCO3)C1. The van der Waals surface area contributed by atoms with Crippen molar-refractivity contribution in [1.29, 1.82) is 0 Å². The van der Waals surface area contributed by atoms with Gasteiger partial charge in [-0.2, -0.15) is 0 Å². The van der Waals surface area contributed by atoms with Crippen molar-refractivity contribution in [3.8, 4) is 5.75 Å². The minimum atomic E-state index is 0.725. The minimum Gasteiger partial charge on any atom is -0.493 e. The first kappa shape index (κ1) is 13.0. The summed E-state index contributed by atoms with van der Waals surface area (Å²) in [6, 6.07) is 7.38. The summed E-state index contributed by atoms with van der Waals surface area (Å²) in [6.07, 6.45) is 7.97. The Labute approximate surface area is 116 Å². The average Bonchev–Trinajstić information content (AvgIpc) is 2.93. The van der Waals surface area contributed by atoms with Gasteiger partial charge in [0.1, 0.15) is 5.75 Å². The van der Waals surface area contributed by atoms with Crippen LogP contribution in [0.4, 0.5) is 0 Å². The molecule has 0 saturated heterocycles. The van der Waals surface area contributed by atoms with E-state index in [1.807, 2.05) is 0 Å². The molecule has 2 aliphatic rings. The Hall–Kier alpha value is -1.02. The molecule has 0 spiro atoms. The molecule has 1 aliphatic carbocycles. The van der Waals surface area contributed by atoms with Crippen molar-refractivity contribution in [2.75, 3.05) is 6.61 Å². The van der Waals surface area contributed by atoms with Crippen LogP contribution in [0.2, 0.25) is 0 Å². The number of ether oxygens (including phenoxy) is 1. The highest BCUT2D eigenvalue weighted by Crippen LogP contribution is 2.28. The second kappa shape index (κ2) is 5.96. The number of rotatable bonds is 4. The van der Waals surface area contributed by atoms with E-state index in [9.17, 15) is 0 Å². The zero-order valence-electron chi connectivity index (χ0n) is 12.0. The molecule has 1 heterocycles. The third-order valence-corrected chi connectivity index (χ3v) is 4.71. The molecule has 0 amide bonds. The van der Waals surface area contributed by atoms with Crippen molar-refractivity contribution >= 4 is 0 Å². The zero-order valence-corrected chi connectivity index (χ0v) is 12.0. The molecule has 104 valence electrons. The molecule has 1 N–H and O–H groups in total. The van der Waals surface area contributed by atoms with Gasteiger partial charge in [-0.15, -0.1) is 0 Å². The summed E-state index contributed by atoms with van der Waals surface area (Å²) in [5, 5.41) is 3.75. The molecule has 1 fully saturated rings. The van der Waals surface area contributed by atoms with Crippen molar-refractivity contribution in [2.24, 2.45) is 5.92 Å². The molecule has 1 saturated carbocycles. The van der Waals surface area contributed by atoms with Gasteiger partial charge in [0.25, 0.3) is 0 Å². The van der Waals surface area contributed by atoms with Crippen LogP contribution in [0.3, 0.4) is 0 Å². The average molecular weight is 259 g/mol.